The van der Waals surface area contributed by atoms with Crippen LogP contribution >= 0.6 is 0 Å². The SMILES string of the molecule is CC1(C)COB(c2ccc3c(C=O)c(O)ccc3c2)O1. The summed E-state index contributed by atoms with van der Waals surface area (Å²) in [4.78, 5) is 11.1. The van der Waals surface area contributed by atoms with Gasteiger partial charge in [0, 0.05) is 0 Å². The number of phenols is 1. The molecule has 0 unspecified atom stereocenters. The maximum absolute atomic E-state index is 11.1. The Morgan fingerprint density at radius 3 is 2.75 bits per heavy atom. The zero-order valence-corrected chi connectivity index (χ0v) is 11.4. The number of rotatable bonds is 2. The van der Waals surface area contributed by atoms with Crippen LogP contribution in [0.5, 0.6) is 5.75 Å². The number of fused-ring (bicyclic) bond motifs is 1. The van der Waals surface area contributed by atoms with E-state index >= 15 is 0 Å². The Balaban J connectivity index is 2.04. The molecule has 0 aromatic heterocycles. The Morgan fingerprint density at radius 2 is 2.10 bits per heavy atom. The van der Waals surface area contributed by atoms with Crippen LogP contribution in [0.15, 0.2) is 30.3 Å². The van der Waals surface area contributed by atoms with Gasteiger partial charge in [-0.25, -0.2) is 0 Å². The molecular formula is C15H15BO4. The van der Waals surface area contributed by atoms with E-state index in [0.717, 1.165) is 16.2 Å². The van der Waals surface area contributed by atoms with E-state index in [1.165, 1.54) is 6.07 Å². The van der Waals surface area contributed by atoms with E-state index in [1.54, 1.807) is 6.07 Å². The van der Waals surface area contributed by atoms with Crippen molar-refractivity contribution >= 4 is 29.6 Å². The minimum Gasteiger partial charge on any atom is -0.507 e. The molecule has 0 bridgehead atoms. The second kappa shape index (κ2) is 4.61. The van der Waals surface area contributed by atoms with Crippen molar-refractivity contribution in [3.8, 4) is 5.75 Å². The van der Waals surface area contributed by atoms with E-state index in [0.29, 0.717) is 18.5 Å². The first kappa shape index (κ1) is 13.2. The second-order valence-corrected chi connectivity index (χ2v) is 5.62. The first-order valence-corrected chi connectivity index (χ1v) is 6.50. The van der Waals surface area contributed by atoms with Crippen molar-refractivity contribution < 1.29 is 19.2 Å². The van der Waals surface area contributed by atoms with Gasteiger partial charge in [0.2, 0.25) is 0 Å². The third-order valence-corrected chi connectivity index (χ3v) is 3.46. The third-order valence-electron chi connectivity index (χ3n) is 3.46. The van der Waals surface area contributed by atoms with Crippen LogP contribution in [0.25, 0.3) is 10.8 Å². The van der Waals surface area contributed by atoms with Crippen molar-refractivity contribution in [2.75, 3.05) is 6.61 Å². The Kier molecular flexibility index (Phi) is 3.03. The highest BCUT2D eigenvalue weighted by Crippen LogP contribution is 2.26. The zero-order chi connectivity index (χ0) is 14.3. The van der Waals surface area contributed by atoms with Gasteiger partial charge in [-0.05, 0) is 36.1 Å². The van der Waals surface area contributed by atoms with Crippen molar-refractivity contribution in [3.05, 3.63) is 35.9 Å². The number of aldehydes is 1. The predicted octanol–water partition coefficient (Wildman–Crippen LogP) is 1.88. The molecule has 0 radical (unpaired) electrons. The molecule has 1 N–H and O–H groups in total. The predicted molar refractivity (Wildman–Crippen MR) is 77.5 cm³/mol. The molecule has 2 aromatic carbocycles. The van der Waals surface area contributed by atoms with Crippen LogP contribution in [0, 0.1) is 0 Å². The molecule has 1 aliphatic heterocycles. The molecule has 0 atom stereocenters. The molecule has 1 saturated heterocycles. The summed E-state index contributed by atoms with van der Waals surface area (Å²) < 4.78 is 11.5. The molecule has 4 nitrogen and oxygen atoms in total. The molecule has 102 valence electrons. The number of carbonyl (C=O) groups is 1. The summed E-state index contributed by atoms with van der Waals surface area (Å²) in [6.45, 7) is 4.51. The highest BCUT2D eigenvalue weighted by Gasteiger charge is 2.38. The minimum absolute atomic E-state index is 0.00486. The lowest BCUT2D eigenvalue weighted by molar-refractivity contribution is 0.112. The Labute approximate surface area is 117 Å². The highest BCUT2D eigenvalue weighted by atomic mass is 16.7. The maximum Gasteiger partial charge on any atom is 0.494 e. The molecule has 0 saturated carbocycles. The summed E-state index contributed by atoms with van der Waals surface area (Å²) in [5, 5.41) is 11.3. The number of hydrogen-bond donors (Lipinski definition) is 1. The standard InChI is InChI=1S/C15H15BO4/c1-15(2)9-19-16(20-15)11-4-5-12-10(7-11)3-6-14(18)13(12)8-17/h3-8,18H,9H2,1-2H3. The fraction of sp³-hybridized carbons (Fsp3) is 0.267. The van der Waals surface area contributed by atoms with Crippen LogP contribution in [-0.2, 0) is 9.31 Å². The van der Waals surface area contributed by atoms with E-state index < -0.39 is 0 Å². The Morgan fingerprint density at radius 1 is 1.30 bits per heavy atom. The Bertz CT molecular complexity index is 681. The van der Waals surface area contributed by atoms with Crippen LogP contribution in [-0.4, -0.2) is 30.7 Å². The van der Waals surface area contributed by atoms with Gasteiger partial charge in [0.15, 0.2) is 6.29 Å². The molecule has 0 spiro atoms. The van der Waals surface area contributed by atoms with Gasteiger partial charge in [-0.3, -0.25) is 4.79 Å². The van der Waals surface area contributed by atoms with Gasteiger partial charge in [0.1, 0.15) is 5.75 Å². The van der Waals surface area contributed by atoms with Crippen LogP contribution in [0.3, 0.4) is 0 Å². The van der Waals surface area contributed by atoms with Gasteiger partial charge in [0.25, 0.3) is 0 Å². The average Bonchev–Trinajstić information content (AvgIpc) is 2.78. The van der Waals surface area contributed by atoms with Gasteiger partial charge in [-0.2, -0.15) is 0 Å². The summed E-state index contributed by atoms with van der Waals surface area (Å²) in [7, 11) is -0.386. The van der Waals surface area contributed by atoms with Gasteiger partial charge < -0.3 is 14.4 Å². The summed E-state index contributed by atoms with van der Waals surface area (Å²) >= 11 is 0. The molecule has 5 heteroatoms. The summed E-state index contributed by atoms with van der Waals surface area (Å²) in [6, 6.07) is 8.90. The lowest BCUT2D eigenvalue weighted by Gasteiger charge is -2.15. The largest absolute Gasteiger partial charge is 0.507 e. The summed E-state index contributed by atoms with van der Waals surface area (Å²) in [6.07, 6.45) is 0.670. The average molecular weight is 270 g/mol. The maximum atomic E-state index is 11.1. The summed E-state index contributed by atoms with van der Waals surface area (Å²) in [5.74, 6) is -0.00486. The van der Waals surface area contributed by atoms with Crippen LogP contribution in [0.2, 0.25) is 0 Å². The van der Waals surface area contributed by atoms with Crippen molar-refractivity contribution in [3.63, 3.8) is 0 Å². The normalized spacial score (nSPS) is 17.6. The smallest absolute Gasteiger partial charge is 0.494 e. The topological polar surface area (TPSA) is 55.8 Å². The lowest BCUT2D eigenvalue weighted by Crippen LogP contribution is -2.34. The fourth-order valence-electron chi connectivity index (χ4n) is 2.43. The number of benzene rings is 2. The first-order chi connectivity index (χ1) is 9.50. The van der Waals surface area contributed by atoms with Crippen LogP contribution < -0.4 is 5.46 Å². The second-order valence-electron chi connectivity index (χ2n) is 5.62. The highest BCUT2D eigenvalue weighted by molar-refractivity contribution is 6.62. The van der Waals surface area contributed by atoms with E-state index in [4.69, 9.17) is 9.31 Å². The minimum atomic E-state index is -0.386. The summed E-state index contributed by atoms with van der Waals surface area (Å²) in [5.41, 5.74) is 0.927. The number of hydrogen-bond acceptors (Lipinski definition) is 4. The van der Waals surface area contributed by atoms with E-state index in [9.17, 15) is 9.90 Å². The molecule has 20 heavy (non-hydrogen) atoms. The zero-order valence-electron chi connectivity index (χ0n) is 11.4. The molecule has 1 heterocycles. The monoisotopic (exact) mass is 270 g/mol. The van der Waals surface area contributed by atoms with Crippen molar-refractivity contribution in [1.29, 1.82) is 0 Å². The molecule has 3 rings (SSSR count). The third kappa shape index (κ3) is 2.19. The van der Waals surface area contributed by atoms with Gasteiger partial charge in [0.05, 0.1) is 17.8 Å². The molecule has 0 aliphatic carbocycles. The molecule has 1 aliphatic rings. The molecular weight excluding hydrogens is 255 g/mol. The van der Waals surface area contributed by atoms with Crippen molar-refractivity contribution in [2.45, 2.75) is 19.4 Å². The number of phenolic OH excluding ortho intramolecular Hbond substituents is 1. The van der Waals surface area contributed by atoms with E-state index in [-0.39, 0.29) is 18.5 Å². The first-order valence-electron chi connectivity index (χ1n) is 6.50. The van der Waals surface area contributed by atoms with Gasteiger partial charge >= 0.3 is 7.12 Å². The van der Waals surface area contributed by atoms with E-state index in [1.807, 2.05) is 32.0 Å². The molecule has 2 aromatic rings. The quantitative estimate of drug-likeness (QED) is 0.668. The number of aromatic hydroxyl groups is 1. The van der Waals surface area contributed by atoms with Crippen LogP contribution in [0.4, 0.5) is 0 Å². The van der Waals surface area contributed by atoms with Crippen LogP contribution in [0.1, 0.15) is 24.2 Å². The van der Waals surface area contributed by atoms with Crippen molar-refractivity contribution in [1.82, 2.24) is 0 Å². The van der Waals surface area contributed by atoms with E-state index in [2.05, 4.69) is 0 Å². The van der Waals surface area contributed by atoms with Crippen molar-refractivity contribution in [2.24, 2.45) is 0 Å². The molecule has 1 fully saturated rings. The fourth-order valence-corrected chi connectivity index (χ4v) is 2.43. The lowest BCUT2D eigenvalue weighted by atomic mass is 9.78. The van der Waals surface area contributed by atoms with Gasteiger partial charge in [-0.15, -0.1) is 0 Å². The number of carbonyl (C=O) groups excluding carboxylic acids is 1. The van der Waals surface area contributed by atoms with Gasteiger partial charge in [-0.1, -0.05) is 24.3 Å². The molecule has 0 amide bonds. The Hall–Kier alpha value is -1.85.